The van der Waals surface area contributed by atoms with E-state index < -0.39 is 10.8 Å². The summed E-state index contributed by atoms with van der Waals surface area (Å²) >= 11 is 0. The normalized spacial score (nSPS) is 10.7. The first-order valence-corrected chi connectivity index (χ1v) is 7.45. The van der Waals surface area contributed by atoms with E-state index in [9.17, 15) is 14.9 Å². The van der Waals surface area contributed by atoms with Gasteiger partial charge in [-0.15, -0.1) is 0 Å². The van der Waals surface area contributed by atoms with Crippen molar-refractivity contribution in [3.8, 4) is 17.1 Å². The molecule has 0 spiro atoms. The largest absolute Gasteiger partial charge is 0.484 e. The average Bonchev–Trinajstić information content (AvgIpc) is 3.21. The van der Waals surface area contributed by atoms with E-state index in [1.165, 1.54) is 10.9 Å². The third-order valence-corrected chi connectivity index (χ3v) is 3.52. The molecule has 11 heteroatoms. The molecule has 0 bridgehead atoms. The van der Waals surface area contributed by atoms with Crippen molar-refractivity contribution in [3.63, 3.8) is 0 Å². The second-order valence-corrected chi connectivity index (χ2v) is 5.32. The van der Waals surface area contributed by atoms with Gasteiger partial charge in [0.25, 0.3) is 5.91 Å². The summed E-state index contributed by atoms with van der Waals surface area (Å²) in [7, 11) is 0. The van der Waals surface area contributed by atoms with Crippen LogP contribution in [0.2, 0.25) is 0 Å². The highest BCUT2D eigenvalue weighted by Crippen LogP contribution is 2.21. The number of nitrogens with two attached hydrogens (primary N) is 1. The molecule has 26 heavy (non-hydrogen) atoms. The van der Waals surface area contributed by atoms with E-state index in [4.69, 9.17) is 15.0 Å². The summed E-state index contributed by atoms with van der Waals surface area (Å²) < 4.78 is 11.8. The Labute approximate surface area is 146 Å². The number of amides is 1. The van der Waals surface area contributed by atoms with Gasteiger partial charge in [0, 0.05) is 5.56 Å². The molecule has 11 nitrogen and oxygen atoms in total. The molecule has 0 saturated carbocycles. The molecule has 2 heterocycles. The summed E-state index contributed by atoms with van der Waals surface area (Å²) in [6, 6.07) is 6.70. The Kier molecular flexibility index (Phi) is 4.60. The molecular weight excluding hydrogens is 344 g/mol. The van der Waals surface area contributed by atoms with Gasteiger partial charge in [0.1, 0.15) is 24.2 Å². The number of carbonyl (C=O) groups is 1. The fourth-order valence-corrected chi connectivity index (χ4v) is 2.19. The van der Waals surface area contributed by atoms with Crippen LogP contribution in [0.15, 0.2) is 35.0 Å². The maximum atomic E-state index is 10.9. The first kappa shape index (κ1) is 17.1. The molecule has 0 aliphatic carbocycles. The second kappa shape index (κ2) is 7.01. The first-order chi connectivity index (χ1) is 12.4. The Morgan fingerprint density at radius 2 is 2.12 bits per heavy atom. The van der Waals surface area contributed by atoms with E-state index in [1.54, 1.807) is 31.2 Å². The maximum absolute atomic E-state index is 10.9. The minimum atomic E-state index is -0.564. The molecule has 0 fully saturated rings. The molecule has 134 valence electrons. The molecule has 0 aliphatic heterocycles. The summed E-state index contributed by atoms with van der Waals surface area (Å²) in [6.45, 7) is 1.50. The van der Waals surface area contributed by atoms with Gasteiger partial charge in [-0.05, 0) is 31.2 Å². The molecule has 0 unspecified atom stereocenters. The molecular formula is C15H14N6O5. The van der Waals surface area contributed by atoms with Crippen LogP contribution in [0.5, 0.6) is 5.75 Å². The number of aromatic nitrogens is 4. The van der Waals surface area contributed by atoms with E-state index in [1.807, 2.05) is 0 Å². The summed E-state index contributed by atoms with van der Waals surface area (Å²) in [4.78, 5) is 25.3. The molecule has 2 aromatic heterocycles. The van der Waals surface area contributed by atoms with Crippen molar-refractivity contribution in [1.82, 2.24) is 19.9 Å². The standard InChI is InChI=1S/C15H14N6O5/c1-9-12(21(23)24)6-17-20(9)7-14-18-15(19-26-14)10-2-4-11(5-3-10)25-8-13(16)22/h2-6H,7-8H2,1H3,(H2,16,22). The van der Waals surface area contributed by atoms with Crippen molar-refractivity contribution in [1.29, 1.82) is 0 Å². The molecule has 0 atom stereocenters. The Hall–Kier alpha value is -3.76. The van der Waals surface area contributed by atoms with Crippen molar-refractivity contribution in [3.05, 3.63) is 52.2 Å². The van der Waals surface area contributed by atoms with Crippen LogP contribution in [-0.4, -0.2) is 37.4 Å². The predicted molar refractivity (Wildman–Crippen MR) is 87.1 cm³/mol. The number of nitro groups is 1. The van der Waals surface area contributed by atoms with Gasteiger partial charge in [0.2, 0.25) is 11.7 Å². The van der Waals surface area contributed by atoms with E-state index in [0.717, 1.165) is 0 Å². The van der Waals surface area contributed by atoms with Gasteiger partial charge in [-0.3, -0.25) is 19.6 Å². The average molecular weight is 358 g/mol. The number of primary amides is 1. The molecule has 3 aromatic rings. The van der Waals surface area contributed by atoms with Crippen molar-refractivity contribution in [2.75, 3.05) is 6.61 Å². The van der Waals surface area contributed by atoms with Crippen LogP contribution in [-0.2, 0) is 11.3 Å². The highest BCUT2D eigenvalue weighted by atomic mass is 16.6. The number of hydrogen-bond acceptors (Lipinski definition) is 8. The lowest BCUT2D eigenvalue weighted by molar-refractivity contribution is -0.385. The third-order valence-electron chi connectivity index (χ3n) is 3.52. The molecule has 3 rings (SSSR count). The van der Waals surface area contributed by atoms with Crippen LogP contribution >= 0.6 is 0 Å². The third kappa shape index (κ3) is 3.66. The van der Waals surface area contributed by atoms with Crippen LogP contribution in [0.4, 0.5) is 5.69 Å². The van der Waals surface area contributed by atoms with Gasteiger partial charge in [0.15, 0.2) is 6.61 Å². The number of ether oxygens (including phenoxy) is 1. The quantitative estimate of drug-likeness (QED) is 0.486. The molecule has 0 radical (unpaired) electrons. The van der Waals surface area contributed by atoms with E-state index in [2.05, 4.69) is 15.2 Å². The van der Waals surface area contributed by atoms with Crippen molar-refractivity contribution >= 4 is 11.6 Å². The zero-order valence-electron chi connectivity index (χ0n) is 13.7. The van der Waals surface area contributed by atoms with Crippen LogP contribution in [0.1, 0.15) is 11.6 Å². The van der Waals surface area contributed by atoms with Crippen LogP contribution in [0.3, 0.4) is 0 Å². The van der Waals surface area contributed by atoms with E-state index in [0.29, 0.717) is 22.8 Å². The molecule has 0 saturated heterocycles. The summed E-state index contributed by atoms with van der Waals surface area (Å²) in [6.07, 6.45) is 1.18. The van der Waals surface area contributed by atoms with Crippen LogP contribution < -0.4 is 10.5 Å². The maximum Gasteiger partial charge on any atom is 0.309 e. The van der Waals surface area contributed by atoms with Crippen molar-refractivity contribution in [2.45, 2.75) is 13.5 Å². The number of nitrogens with zero attached hydrogens (tertiary/aromatic N) is 5. The Balaban J connectivity index is 1.71. The van der Waals surface area contributed by atoms with Gasteiger partial charge in [-0.2, -0.15) is 10.1 Å². The smallest absolute Gasteiger partial charge is 0.309 e. The topological polar surface area (TPSA) is 152 Å². The molecule has 1 amide bonds. The highest BCUT2D eigenvalue weighted by Gasteiger charge is 2.18. The van der Waals surface area contributed by atoms with Crippen LogP contribution in [0, 0.1) is 17.0 Å². The minimum Gasteiger partial charge on any atom is -0.484 e. The lowest BCUT2D eigenvalue weighted by Gasteiger charge is -2.03. The molecule has 1 aromatic carbocycles. The monoisotopic (exact) mass is 358 g/mol. The Bertz CT molecular complexity index is 946. The number of carbonyl (C=O) groups excluding carboxylic acids is 1. The van der Waals surface area contributed by atoms with Gasteiger partial charge in [-0.1, -0.05) is 5.16 Å². The lowest BCUT2D eigenvalue weighted by atomic mass is 10.2. The molecule has 0 aliphatic rings. The Morgan fingerprint density at radius 3 is 2.73 bits per heavy atom. The minimum absolute atomic E-state index is 0.0729. The number of benzene rings is 1. The molecule has 2 N–H and O–H groups in total. The number of rotatable bonds is 7. The van der Waals surface area contributed by atoms with E-state index in [-0.39, 0.29) is 24.7 Å². The zero-order valence-corrected chi connectivity index (χ0v) is 13.7. The van der Waals surface area contributed by atoms with Gasteiger partial charge in [-0.25, -0.2) is 0 Å². The van der Waals surface area contributed by atoms with Gasteiger partial charge in [0.05, 0.1) is 4.92 Å². The summed E-state index contributed by atoms with van der Waals surface area (Å²) in [5.41, 5.74) is 6.01. The van der Waals surface area contributed by atoms with Gasteiger partial charge >= 0.3 is 5.69 Å². The van der Waals surface area contributed by atoms with E-state index >= 15 is 0 Å². The summed E-state index contributed by atoms with van der Waals surface area (Å²) in [5, 5.41) is 18.7. The first-order valence-electron chi connectivity index (χ1n) is 7.45. The highest BCUT2D eigenvalue weighted by molar-refractivity contribution is 5.75. The fourth-order valence-electron chi connectivity index (χ4n) is 2.19. The predicted octanol–water partition coefficient (Wildman–Crippen LogP) is 1.06. The Morgan fingerprint density at radius 1 is 1.38 bits per heavy atom. The van der Waals surface area contributed by atoms with Crippen molar-refractivity contribution < 1.29 is 19.0 Å². The van der Waals surface area contributed by atoms with Crippen LogP contribution in [0.25, 0.3) is 11.4 Å². The van der Waals surface area contributed by atoms with Crippen molar-refractivity contribution in [2.24, 2.45) is 5.73 Å². The second-order valence-electron chi connectivity index (χ2n) is 5.32. The summed E-state index contributed by atoms with van der Waals surface area (Å²) in [5.74, 6) is 0.526. The zero-order chi connectivity index (χ0) is 18.7. The SMILES string of the molecule is Cc1c([N+](=O)[O-])cnn1Cc1nc(-c2ccc(OCC(N)=O)cc2)no1. The lowest BCUT2D eigenvalue weighted by Crippen LogP contribution is -2.19. The van der Waals surface area contributed by atoms with Gasteiger partial charge < -0.3 is 15.0 Å². The number of hydrogen-bond donors (Lipinski definition) is 1. The fraction of sp³-hybridized carbons (Fsp3) is 0.200.